The van der Waals surface area contributed by atoms with Gasteiger partial charge in [0.05, 0.1) is 23.7 Å². The SMILES string of the molecule is CCOC(=O)C(C#N)=Cc1cc(-c2ccccc2)n(-c2ccc(OOSN)cc2)n1. The molecular weight excluding hydrogens is 404 g/mol. The highest BCUT2D eigenvalue weighted by Crippen LogP contribution is 2.26. The summed E-state index contributed by atoms with van der Waals surface area (Å²) in [5.74, 6) is -0.214. The second-order valence-electron chi connectivity index (χ2n) is 5.86. The van der Waals surface area contributed by atoms with E-state index in [2.05, 4.69) is 9.43 Å². The van der Waals surface area contributed by atoms with Gasteiger partial charge in [0.1, 0.15) is 23.9 Å². The largest absolute Gasteiger partial charge is 0.462 e. The van der Waals surface area contributed by atoms with Crippen molar-refractivity contribution in [2.75, 3.05) is 6.61 Å². The van der Waals surface area contributed by atoms with Gasteiger partial charge in [-0.3, -0.25) is 5.14 Å². The minimum absolute atomic E-state index is 0.124. The summed E-state index contributed by atoms with van der Waals surface area (Å²) in [5.41, 5.74) is 2.77. The molecule has 0 radical (unpaired) electrons. The smallest absolute Gasteiger partial charge is 0.348 e. The van der Waals surface area contributed by atoms with E-state index in [1.54, 1.807) is 41.9 Å². The zero-order valence-electron chi connectivity index (χ0n) is 16.0. The van der Waals surface area contributed by atoms with Gasteiger partial charge in [-0.1, -0.05) is 34.7 Å². The molecule has 8 nitrogen and oxygen atoms in total. The second-order valence-corrected chi connectivity index (χ2v) is 6.19. The Labute approximate surface area is 177 Å². The number of ether oxygens (including phenoxy) is 1. The Morgan fingerprint density at radius 1 is 1.23 bits per heavy atom. The maximum Gasteiger partial charge on any atom is 0.348 e. The van der Waals surface area contributed by atoms with Gasteiger partial charge in [-0.05, 0) is 43.3 Å². The van der Waals surface area contributed by atoms with Crippen LogP contribution in [0.2, 0.25) is 0 Å². The number of esters is 1. The number of benzene rings is 2. The standard InChI is InChI=1S/C21H18N4O4S/c1-2-27-21(26)16(14-22)12-17-13-20(15-6-4-3-5-7-15)25(24-17)18-8-10-19(11-9-18)28-29-30-23/h3-13H,2,23H2,1H3. The highest BCUT2D eigenvalue weighted by Gasteiger charge is 2.15. The molecule has 152 valence electrons. The molecule has 3 rings (SSSR count). The van der Waals surface area contributed by atoms with Gasteiger partial charge in [-0.2, -0.15) is 10.4 Å². The topological polar surface area (TPSA) is 112 Å². The quantitative estimate of drug-likeness (QED) is 0.111. The molecule has 9 heteroatoms. The van der Waals surface area contributed by atoms with Crippen LogP contribution in [0.15, 0.2) is 66.2 Å². The minimum atomic E-state index is -0.685. The number of rotatable bonds is 8. The molecule has 0 aliphatic heterocycles. The van der Waals surface area contributed by atoms with E-state index in [1.165, 1.54) is 6.08 Å². The summed E-state index contributed by atoms with van der Waals surface area (Å²) in [6, 6.07) is 20.3. The van der Waals surface area contributed by atoms with Crippen molar-refractivity contribution >= 4 is 24.3 Å². The van der Waals surface area contributed by atoms with Crippen LogP contribution in [0.4, 0.5) is 0 Å². The molecule has 0 aliphatic rings. The van der Waals surface area contributed by atoms with E-state index in [0.29, 0.717) is 23.7 Å². The van der Waals surface area contributed by atoms with Gasteiger partial charge < -0.3 is 9.62 Å². The minimum Gasteiger partial charge on any atom is -0.462 e. The summed E-state index contributed by atoms with van der Waals surface area (Å²) in [6.45, 7) is 1.86. The molecule has 0 atom stereocenters. The van der Waals surface area contributed by atoms with E-state index in [9.17, 15) is 10.1 Å². The molecule has 0 saturated heterocycles. The monoisotopic (exact) mass is 422 g/mol. The van der Waals surface area contributed by atoms with Crippen LogP contribution in [0.3, 0.4) is 0 Å². The third-order valence-electron chi connectivity index (χ3n) is 3.96. The predicted octanol–water partition coefficient (Wildman–Crippen LogP) is 3.84. The summed E-state index contributed by atoms with van der Waals surface area (Å²) in [5, 5.41) is 19.0. The molecule has 2 aromatic carbocycles. The van der Waals surface area contributed by atoms with Gasteiger partial charge >= 0.3 is 5.97 Å². The molecule has 30 heavy (non-hydrogen) atoms. The van der Waals surface area contributed by atoms with E-state index in [0.717, 1.165) is 16.9 Å². The molecule has 0 bridgehead atoms. The van der Waals surface area contributed by atoms with Crippen molar-refractivity contribution in [3.05, 3.63) is 71.9 Å². The van der Waals surface area contributed by atoms with Crippen LogP contribution in [0.25, 0.3) is 23.0 Å². The first-order valence-electron chi connectivity index (χ1n) is 8.91. The lowest BCUT2D eigenvalue weighted by Gasteiger charge is -2.08. The molecule has 0 fully saturated rings. The molecule has 3 aromatic rings. The zero-order valence-corrected chi connectivity index (χ0v) is 16.8. The number of hydrogen-bond donors (Lipinski definition) is 1. The Balaban J connectivity index is 2.03. The Kier molecular flexibility index (Phi) is 7.24. The molecule has 0 amide bonds. The molecular formula is C21H18N4O4S. The van der Waals surface area contributed by atoms with E-state index in [-0.39, 0.29) is 12.2 Å². The second kappa shape index (κ2) is 10.3. The maximum atomic E-state index is 12.0. The number of carbonyl (C=O) groups excluding carboxylic acids is 1. The Bertz CT molecular complexity index is 1070. The van der Waals surface area contributed by atoms with E-state index in [4.69, 9.17) is 14.8 Å². The highest BCUT2D eigenvalue weighted by molar-refractivity contribution is 7.92. The van der Waals surface area contributed by atoms with Crippen molar-refractivity contribution in [2.24, 2.45) is 5.14 Å². The van der Waals surface area contributed by atoms with Crippen molar-refractivity contribution in [2.45, 2.75) is 6.92 Å². The molecule has 0 aliphatic carbocycles. The van der Waals surface area contributed by atoms with Crippen molar-refractivity contribution in [3.63, 3.8) is 0 Å². The molecule has 0 spiro atoms. The molecule has 1 heterocycles. The first kappa shape index (κ1) is 21.1. The van der Waals surface area contributed by atoms with Crippen LogP contribution in [0.1, 0.15) is 12.6 Å². The molecule has 2 N–H and O–H groups in total. The molecule has 0 unspecified atom stereocenters. The van der Waals surface area contributed by atoms with Crippen LogP contribution < -0.4 is 10.0 Å². The van der Waals surface area contributed by atoms with Crippen molar-refractivity contribution in [1.82, 2.24) is 9.78 Å². The summed E-state index contributed by atoms with van der Waals surface area (Å²) in [4.78, 5) is 16.9. The fourth-order valence-corrected chi connectivity index (χ4v) is 2.79. The number of nitrogens with zero attached hydrogens (tertiary/aromatic N) is 3. The fraction of sp³-hybridized carbons (Fsp3) is 0.0952. The Hall–Kier alpha value is -3.58. The van der Waals surface area contributed by atoms with Crippen molar-refractivity contribution in [1.29, 1.82) is 5.26 Å². The van der Waals surface area contributed by atoms with E-state index >= 15 is 0 Å². The number of aromatic nitrogens is 2. The van der Waals surface area contributed by atoms with Crippen molar-refractivity contribution in [3.8, 4) is 28.8 Å². The van der Waals surface area contributed by atoms with Gasteiger partial charge in [0, 0.05) is 5.56 Å². The first-order valence-corrected chi connectivity index (χ1v) is 9.71. The van der Waals surface area contributed by atoms with E-state index < -0.39 is 5.97 Å². The van der Waals surface area contributed by atoms with Crippen LogP contribution in [0.5, 0.6) is 5.75 Å². The first-order chi connectivity index (χ1) is 14.7. The number of carbonyl (C=O) groups is 1. The number of hydrogen-bond acceptors (Lipinski definition) is 8. The summed E-state index contributed by atoms with van der Waals surface area (Å²) < 4.78 is 11.3. The summed E-state index contributed by atoms with van der Waals surface area (Å²) in [6.07, 6.45) is 1.41. The third kappa shape index (κ3) is 5.07. The predicted molar refractivity (Wildman–Crippen MR) is 113 cm³/mol. The van der Waals surface area contributed by atoms with Gasteiger partial charge in [-0.25, -0.2) is 9.48 Å². The van der Waals surface area contributed by atoms with Crippen LogP contribution in [-0.2, 0) is 13.9 Å². The lowest BCUT2D eigenvalue weighted by molar-refractivity contribution is -0.137. The average Bonchev–Trinajstić information content (AvgIpc) is 3.21. The summed E-state index contributed by atoms with van der Waals surface area (Å²) >= 11 is 0.603. The number of nitrogens with two attached hydrogens (primary N) is 1. The van der Waals surface area contributed by atoms with Crippen LogP contribution >= 0.6 is 12.2 Å². The summed E-state index contributed by atoms with van der Waals surface area (Å²) in [7, 11) is 0. The van der Waals surface area contributed by atoms with Gasteiger partial charge in [0.2, 0.25) is 0 Å². The molecule has 0 saturated carbocycles. The third-order valence-corrected chi connectivity index (χ3v) is 4.10. The van der Waals surface area contributed by atoms with Crippen LogP contribution in [-0.4, -0.2) is 22.4 Å². The fourth-order valence-electron chi connectivity index (χ4n) is 2.68. The Morgan fingerprint density at radius 3 is 2.60 bits per heavy atom. The number of nitriles is 1. The van der Waals surface area contributed by atoms with E-state index in [1.807, 2.05) is 36.4 Å². The lowest BCUT2D eigenvalue weighted by atomic mass is 10.1. The normalized spacial score (nSPS) is 11.0. The van der Waals surface area contributed by atoms with Gasteiger partial charge in [0.25, 0.3) is 0 Å². The average molecular weight is 422 g/mol. The van der Waals surface area contributed by atoms with Crippen molar-refractivity contribution < 1.29 is 18.8 Å². The zero-order chi connectivity index (χ0) is 21.3. The van der Waals surface area contributed by atoms with Crippen LogP contribution in [0, 0.1) is 11.3 Å². The highest BCUT2D eigenvalue weighted by atomic mass is 32.2. The Morgan fingerprint density at radius 2 is 1.97 bits per heavy atom. The lowest BCUT2D eigenvalue weighted by Crippen LogP contribution is -2.06. The maximum absolute atomic E-state index is 12.0. The van der Waals surface area contributed by atoms with Gasteiger partial charge in [-0.15, -0.1) is 0 Å². The molecule has 1 aromatic heterocycles. The van der Waals surface area contributed by atoms with Gasteiger partial charge in [0.15, 0.2) is 5.75 Å².